The zero-order valence-corrected chi connectivity index (χ0v) is 14.9. The second-order valence-corrected chi connectivity index (χ2v) is 7.21. The third-order valence-corrected chi connectivity index (χ3v) is 5.50. The lowest BCUT2D eigenvalue weighted by Gasteiger charge is -2.28. The first kappa shape index (κ1) is 16.9. The molecule has 126 valence electrons. The topological polar surface area (TPSA) is 32.3 Å². The summed E-state index contributed by atoms with van der Waals surface area (Å²) in [5.74, 6) is 0.465. The number of carbonyl (C=O) groups excluding carboxylic acids is 1. The summed E-state index contributed by atoms with van der Waals surface area (Å²) < 4.78 is 0. The van der Waals surface area contributed by atoms with Crippen molar-refractivity contribution < 1.29 is 4.79 Å². The number of hydrogen-bond donors (Lipinski definition) is 1. The molecule has 0 aromatic heterocycles. The van der Waals surface area contributed by atoms with E-state index in [0.717, 1.165) is 23.7 Å². The van der Waals surface area contributed by atoms with Crippen LogP contribution in [0.1, 0.15) is 24.8 Å². The van der Waals surface area contributed by atoms with E-state index in [-0.39, 0.29) is 5.91 Å². The highest BCUT2D eigenvalue weighted by atomic mass is 32.2. The number of nitrogens with one attached hydrogen (secondary N) is 1. The summed E-state index contributed by atoms with van der Waals surface area (Å²) in [5.41, 5.74) is 3.33. The minimum absolute atomic E-state index is 0.0361. The Morgan fingerprint density at radius 1 is 1.04 bits per heavy atom. The Balaban J connectivity index is 1.52. The van der Waals surface area contributed by atoms with Crippen LogP contribution in [0.3, 0.4) is 0 Å². The minimum atomic E-state index is 0.0361. The third kappa shape index (κ3) is 4.54. The van der Waals surface area contributed by atoms with E-state index >= 15 is 0 Å². The molecule has 0 unspecified atom stereocenters. The smallest absolute Gasteiger partial charge is 0.234 e. The van der Waals surface area contributed by atoms with Crippen LogP contribution in [-0.2, 0) is 4.79 Å². The quantitative estimate of drug-likeness (QED) is 0.800. The minimum Gasteiger partial charge on any atom is -0.372 e. The lowest BCUT2D eigenvalue weighted by molar-refractivity contribution is -0.113. The molecule has 4 heteroatoms. The Hall–Kier alpha value is -1.94. The van der Waals surface area contributed by atoms with Gasteiger partial charge in [-0.05, 0) is 62.1 Å². The molecule has 1 amide bonds. The number of aryl methyl sites for hydroxylation is 1. The van der Waals surface area contributed by atoms with Gasteiger partial charge in [0.2, 0.25) is 5.91 Å². The zero-order chi connectivity index (χ0) is 16.8. The van der Waals surface area contributed by atoms with Gasteiger partial charge in [-0.1, -0.05) is 18.2 Å². The number of nitrogens with zero attached hydrogens (tertiary/aromatic N) is 1. The van der Waals surface area contributed by atoms with Gasteiger partial charge in [0.1, 0.15) is 0 Å². The summed E-state index contributed by atoms with van der Waals surface area (Å²) in [5, 5.41) is 2.98. The maximum atomic E-state index is 12.1. The molecule has 0 aliphatic carbocycles. The molecule has 0 saturated carbocycles. The molecule has 1 saturated heterocycles. The van der Waals surface area contributed by atoms with E-state index in [1.165, 1.54) is 30.5 Å². The van der Waals surface area contributed by atoms with Gasteiger partial charge in [0, 0.05) is 29.4 Å². The number of piperidine rings is 1. The molecule has 0 radical (unpaired) electrons. The second-order valence-electron chi connectivity index (χ2n) is 6.20. The van der Waals surface area contributed by atoms with Crippen molar-refractivity contribution in [1.29, 1.82) is 0 Å². The van der Waals surface area contributed by atoms with Gasteiger partial charge in [0.15, 0.2) is 0 Å². The molecule has 1 aliphatic rings. The summed E-state index contributed by atoms with van der Waals surface area (Å²) in [6, 6.07) is 16.4. The van der Waals surface area contributed by atoms with Crippen molar-refractivity contribution in [2.24, 2.45) is 0 Å². The van der Waals surface area contributed by atoms with Crippen molar-refractivity contribution in [3.63, 3.8) is 0 Å². The van der Waals surface area contributed by atoms with Crippen molar-refractivity contribution in [3.05, 3.63) is 54.1 Å². The molecule has 1 N–H and O–H groups in total. The SMILES string of the molecule is Cc1ccccc1SCC(=O)Nc1ccc(N2CCCCC2)cc1. The molecule has 2 aromatic rings. The van der Waals surface area contributed by atoms with Crippen LogP contribution in [0.4, 0.5) is 11.4 Å². The number of thioether (sulfide) groups is 1. The predicted octanol–water partition coefficient (Wildman–Crippen LogP) is 4.72. The van der Waals surface area contributed by atoms with Crippen LogP contribution in [0.2, 0.25) is 0 Å². The molecule has 1 heterocycles. The number of amides is 1. The van der Waals surface area contributed by atoms with E-state index in [2.05, 4.69) is 41.4 Å². The highest BCUT2D eigenvalue weighted by Crippen LogP contribution is 2.23. The van der Waals surface area contributed by atoms with E-state index in [9.17, 15) is 4.79 Å². The summed E-state index contributed by atoms with van der Waals surface area (Å²) in [6.07, 6.45) is 3.88. The van der Waals surface area contributed by atoms with Crippen molar-refractivity contribution in [2.45, 2.75) is 31.1 Å². The molecule has 0 spiro atoms. The zero-order valence-electron chi connectivity index (χ0n) is 14.1. The van der Waals surface area contributed by atoms with E-state index in [4.69, 9.17) is 0 Å². The Kier molecular flexibility index (Phi) is 5.81. The number of hydrogen-bond acceptors (Lipinski definition) is 3. The number of carbonyl (C=O) groups is 1. The molecular weight excluding hydrogens is 316 g/mol. The molecule has 1 fully saturated rings. The van der Waals surface area contributed by atoms with Crippen LogP contribution >= 0.6 is 11.8 Å². The molecule has 2 aromatic carbocycles. The normalized spacial score (nSPS) is 14.5. The summed E-state index contributed by atoms with van der Waals surface area (Å²) in [4.78, 5) is 15.7. The average molecular weight is 340 g/mol. The lowest BCUT2D eigenvalue weighted by Crippen LogP contribution is -2.29. The lowest BCUT2D eigenvalue weighted by atomic mass is 10.1. The van der Waals surface area contributed by atoms with E-state index in [0.29, 0.717) is 5.75 Å². The maximum absolute atomic E-state index is 12.1. The number of anilines is 2. The van der Waals surface area contributed by atoms with Gasteiger partial charge in [0.05, 0.1) is 5.75 Å². The van der Waals surface area contributed by atoms with Crippen LogP contribution in [-0.4, -0.2) is 24.7 Å². The van der Waals surface area contributed by atoms with Gasteiger partial charge < -0.3 is 10.2 Å². The first-order valence-electron chi connectivity index (χ1n) is 8.56. The van der Waals surface area contributed by atoms with Crippen LogP contribution in [0, 0.1) is 6.92 Å². The fourth-order valence-electron chi connectivity index (χ4n) is 2.97. The fraction of sp³-hybridized carbons (Fsp3) is 0.350. The van der Waals surface area contributed by atoms with E-state index < -0.39 is 0 Å². The summed E-state index contributed by atoms with van der Waals surface area (Å²) in [6.45, 7) is 4.34. The van der Waals surface area contributed by atoms with E-state index in [1.54, 1.807) is 11.8 Å². The van der Waals surface area contributed by atoms with Gasteiger partial charge >= 0.3 is 0 Å². The molecule has 24 heavy (non-hydrogen) atoms. The monoisotopic (exact) mass is 340 g/mol. The van der Waals surface area contributed by atoms with Gasteiger partial charge in [-0.15, -0.1) is 11.8 Å². The van der Waals surface area contributed by atoms with Crippen LogP contribution in [0.15, 0.2) is 53.4 Å². The molecule has 0 bridgehead atoms. The second kappa shape index (κ2) is 8.25. The van der Waals surface area contributed by atoms with Crippen molar-refractivity contribution in [2.75, 3.05) is 29.1 Å². The van der Waals surface area contributed by atoms with Gasteiger partial charge in [0.25, 0.3) is 0 Å². The highest BCUT2D eigenvalue weighted by Gasteiger charge is 2.11. The van der Waals surface area contributed by atoms with Crippen LogP contribution in [0.25, 0.3) is 0 Å². The van der Waals surface area contributed by atoms with Crippen molar-refractivity contribution in [1.82, 2.24) is 0 Å². The molecule has 3 rings (SSSR count). The maximum Gasteiger partial charge on any atom is 0.234 e. The number of benzene rings is 2. The van der Waals surface area contributed by atoms with Gasteiger partial charge in [-0.3, -0.25) is 4.79 Å². The Morgan fingerprint density at radius 3 is 2.46 bits per heavy atom. The third-order valence-electron chi connectivity index (χ3n) is 4.32. The Morgan fingerprint density at radius 2 is 1.75 bits per heavy atom. The standard InChI is InChI=1S/C20H24N2OS/c1-16-7-3-4-8-19(16)24-15-20(23)21-17-9-11-18(12-10-17)22-13-5-2-6-14-22/h3-4,7-12H,2,5-6,13-15H2,1H3,(H,21,23). The average Bonchev–Trinajstić information content (AvgIpc) is 2.62. The van der Waals surface area contributed by atoms with Gasteiger partial charge in [-0.25, -0.2) is 0 Å². The summed E-state index contributed by atoms with van der Waals surface area (Å²) >= 11 is 1.58. The van der Waals surface area contributed by atoms with E-state index in [1.807, 2.05) is 24.3 Å². The first-order valence-corrected chi connectivity index (χ1v) is 9.54. The largest absolute Gasteiger partial charge is 0.372 e. The fourth-order valence-corrected chi connectivity index (χ4v) is 3.80. The Bertz CT molecular complexity index is 678. The number of rotatable bonds is 5. The molecule has 1 aliphatic heterocycles. The molecule has 3 nitrogen and oxygen atoms in total. The predicted molar refractivity (Wildman–Crippen MR) is 103 cm³/mol. The van der Waals surface area contributed by atoms with Gasteiger partial charge in [-0.2, -0.15) is 0 Å². The Labute approximate surface area is 148 Å². The van der Waals surface area contributed by atoms with Crippen molar-refractivity contribution >= 4 is 29.0 Å². The molecular formula is C20H24N2OS. The first-order chi connectivity index (χ1) is 11.7. The van der Waals surface area contributed by atoms with Crippen LogP contribution < -0.4 is 10.2 Å². The molecule has 0 atom stereocenters. The van der Waals surface area contributed by atoms with Crippen LogP contribution in [0.5, 0.6) is 0 Å². The highest BCUT2D eigenvalue weighted by molar-refractivity contribution is 8.00. The summed E-state index contributed by atoms with van der Waals surface area (Å²) in [7, 11) is 0. The van der Waals surface area contributed by atoms with Crippen molar-refractivity contribution in [3.8, 4) is 0 Å².